The van der Waals surface area contributed by atoms with Gasteiger partial charge in [0.25, 0.3) is 5.12 Å². The number of hydrogen-bond acceptors (Lipinski definition) is 10. The van der Waals surface area contributed by atoms with E-state index in [1.807, 2.05) is 0 Å². The summed E-state index contributed by atoms with van der Waals surface area (Å²) >= 11 is 0.357. The lowest BCUT2D eigenvalue weighted by Crippen LogP contribution is -2.54. The maximum atomic E-state index is 12.5. The molecule has 0 aromatic heterocycles. The van der Waals surface area contributed by atoms with E-state index >= 15 is 0 Å². The number of benzene rings is 1. The molecular weight excluding hydrogens is 386 g/mol. The van der Waals surface area contributed by atoms with Crippen LogP contribution < -0.4 is 4.72 Å². The lowest BCUT2D eigenvalue weighted by atomic mass is 10.0. The molecule has 0 aliphatic carbocycles. The molecule has 146 valence electrons. The average Bonchev–Trinajstić information content (AvgIpc) is 2.60. The average molecular weight is 407 g/mol. The fourth-order valence-electron chi connectivity index (χ4n) is 1.94. The number of hydrogen-bond donors (Lipinski definition) is 5. The zero-order chi connectivity index (χ0) is 20.1. The Hall–Kier alpha value is -1.34. The molecule has 1 aromatic rings. The van der Waals surface area contributed by atoms with Crippen LogP contribution in [0.2, 0.25) is 0 Å². The van der Waals surface area contributed by atoms with Crippen LogP contribution in [0.4, 0.5) is 0 Å². The van der Waals surface area contributed by atoms with Gasteiger partial charge in [0, 0.05) is 6.92 Å². The minimum atomic E-state index is -4.56. The first-order valence-electron chi connectivity index (χ1n) is 7.46. The Balaban J connectivity index is 3.21. The number of nitrogens with one attached hydrogen (secondary N) is 1. The van der Waals surface area contributed by atoms with Crippen molar-refractivity contribution in [1.82, 2.24) is 4.72 Å². The molecule has 0 bridgehead atoms. The molecule has 0 aliphatic heterocycles. The number of carbonyl (C=O) groups is 2. The second kappa shape index (κ2) is 9.55. The van der Waals surface area contributed by atoms with Crippen LogP contribution >= 0.6 is 11.9 Å². The van der Waals surface area contributed by atoms with Crippen molar-refractivity contribution in [3.05, 3.63) is 29.8 Å². The molecular formula is C15H21NO8S2. The summed E-state index contributed by atoms with van der Waals surface area (Å²) in [6.45, 7) is 1.94. The van der Waals surface area contributed by atoms with E-state index in [2.05, 4.69) is 4.72 Å². The van der Waals surface area contributed by atoms with Gasteiger partial charge < -0.3 is 20.4 Å². The van der Waals surface area contributed by atoms with Crippen LogP contribution in [-0.2, 0) is 19.4 Å². The number of aliphatic hydroxyl groups is 4. The van der Waals surface area contributed by atoms with Crippen molar-refractivity contribution in [1.29, 1.82) is 0 Å². The van der Waals surface area contributed by atoms with Crippen molar-refractivity contribution in [2.75, 3.05) is 6.61 Å². The minimum Gasteiger partial charge on any atom is -0.394 e. The van der Waals surface area contributed by atoms with Crippen LogP contribution in [0.25, 0.3) is 0 Å². The van der Waals surface area contributed by atoms with Gasteiger partial charge in [-0.05, 0) is 31.0 Å². The summed E-state index contributed by atoms with van der Waals surface area (Å²) in [5, 5.41) is 36.2. The minimum absolute atomic E-state index is 0.322. The number of sulfone groups is 1. The maximum Gasteiger partial charge on any atom is 0.271 e. The molecule has 5 N–H and O–H groups in total. The molecule has 9 nitrogen and oxygen atoms in total. The highest BCUT2D eigenvalue weighted by atomic mass is 32.2. The van der Waals surface area contributed by atoms with E-state index in [1.165, 1.54) is 24.3 Å². The lowest BCUT2D eigenvalue weighted by Gasteiger charge is -2.27. The summed E-state index contributed by atoms with van der Waals surface area (Å²) in [5.74, 6) is 0. The highest BCUT2D eigenvalue weighted by Crippen LogP contribution is 2.19. The first-order valence-corrected chi connectivity index (χ1v) is 9.76. The third kappa shape index (κ3) is 5.58. The highest BCUT2D eigenvalue weighted by Gasteiger charge is 2.41. The van der Waals surface area contributed by atoms with Gasteiger partial charge >= 0.3 is 0 Å². The van der Waals surface area contributed by atoms with Gasteiger partial charge in [-0.3, -0.25) is 9.59 Å². The predicted molar refractivity (Wildman–Crippen MR) is 93.7 cm³/mol. The van der Waals surface area contributed by atoms with Gasteiger partial charge in [-0.2, -0.15) is 0 Å². The van der Waals surface area contributed by atoms with Crippen molar-refractivity contribution in [3.8, 4) is 0 Å². The lowest BCUT2D eigenvalue weighted by molar-refractivity contribution is -0.122. The van der Waals surface area contributed by atoms with Crippen molar-refractivity contribution >= 4 is 32.0 Å². The van der Waals surface area contributed by atoms with Crippen molar-refractivity contribution in [2.45, 2.75) is 43.1 Å². The van der Waals surface area contributed by atoms with Gasteiger partial charge in [-0.15, -0.1) is 0 Å². The van der Waals surface area contributed by atoms with E-state index in [1.54, 1.807) is 6.92 Å². The first kappa shape index (κ1) is 22.7. The predicted octanol–water partition coefficient (Wildman–Crippen LogP) is -1.48. The van der Waals surface area contributed by atoms with Gasteiger partial charge in [0.1, 0.15) is 24.4 Å². The van der Waals surface area contributed by atoms with Gasteiger partial charge in [-0.1, -0.05) is 17.7 Å². The quantitative estimate of drug-likeness (QED) is 0.321. The fraction of sp³-hybridized carbons (Fsp3) is 0.467. The zero-order valence-electron chi connectivity index (χ0n) is 14.1. The molecule has 0 fully saturated rings. The molecule has 26 heavy (non-hydrogen) atoms. The number of carbonyl (C=O) groups excluding carboxylic acids is 2. The summed E-state index contributed by atoms with van der Waals surface area (Å²) in [6.07, 6.45) is -5.94. The van der Waals surface area contributed by atoms with Crippen LogP contribution in [-0.4, -0.2) is 70.0 Å². The van der Waals surface area contributed by atoms with E-state index in [-0.39, 0.29) is 4.90 Å². The first-order chi connectivity index (χ1) is 12.0. The molecule has 1 rings (SSSR count). The molecule has 4 atom stereocenters. The molecule has 1 aromatic carbocycles. The summed E-state index contributed by atoms with van der Waals surface area (Å²) in [7, 11) is -4.56. The highest BCUT2D eigenvalue weighted by molar-refractivity contribution is 8.12. The molecule has 0 amide bonds. The standard InChI is InChI=1S/C15H21NO8S2/c1-8-3-5-10(6-4-8)26(23,24)15(22)12(16-25-9(2)18)14(21)13(20)11(19)7-17/h3-6,11-14,16-17,19-21H,7H2,1-2H3/t11-,12-,13-,14-/m1/s1. The van der Waals surface area contributed by atoms with Gasteiger partial charge in [-0.25, -0.2) is 13.1 Å². The Morgan fingerprint density at radius 2 is 1.65 bits per heavy atom. The Labute approximate surface area is 155 Å². The third-order valence-corrected chi connectivity index (χ3v) is 5.79. The molecule has 0 unspecified atom stereocenters. The molecule has 0 saturated carbocycles. The molecule has 0 aliphatic rings. The number of aryl methyl sites for hydroxylation is 1. The van der Waals surface area contributed by atoms with Crippen LogP contribution in [0, 0.1) is 6.92 Å². The van der Waals surface area contributed by atoms with Crippen molar-refractivity contribution in [3.63, 3.8) is 0 Å². The van der Waals surface area contributed by atoms with E-state index in [9.17, 15) is 33.3 Å². The smallest absolute Gasteiger partial charge is 0.271 e. The largest absolute Gasteiger partial charge is 0.394 e. The summed E-state index contributed by atoms with van der Waals surface area (Å²) < 4.78 is 27.2. The van der Waals surface area contributed by atoms with Crippen molar-refractivity contribution in [2.24, 2.45) is 0 Å². The second-order valence-corrected chi connectivity index (χ2v) is 8.45. The normalized spacial score (nSPS) is 16.5. The van der Waals surface area contributed by atoms with E-state index in [4.69, 9.17) is 5.11 Å². The SMILES string of the molecule is CC(=O)SN[C@@H](C(=O)S(=O)(=O)c1ccc(C)cc1)[C@@H](O)[C@H](O)[C@H](O)CO. The Kier molecular flexibility index (Phi) is 8.34. The van der Waals surface area contributed by atoms with Gasteiger partial charge in [0.15, 0.2) is 0 Å². The van der Waals surface area contributed by atoms with Gasteiger partial charge in [0.2, 0.25) is 15.0 Å². The molecule has 0 saturated heterocycles. The second-order valence-electron chi connectivity index (χ2n) is 5.56. The van der Waals surface area contributed by atoms with E-state index in [0.717, 1.165) is 12.5 Å². The van der Waals surface area contributed by atoms with E-state index < -0.39 is 51.0 Å². The number of rotatable bonds is 8. The summed E-state index contributed by atoms with van der Waals surface area (Å²) in [4.78, 5) is 23.3. The van der Waals surface area contributed by atoms with Crippen LogP contribution in [0.1, 0.15) is 12.5 Å². The summed E-state index contributed by atoms with van der Waals surface area (Å²) in [5.41, 5.74) is 0.764. The molecule has 0 radical (unpaired) electrons. The van der Waals surface area contributed by atoms with E-state index in [0.29, 0.717) is 11.9 Å². The third-order valence-electron chi connectivity index (χ3n) is 3.45. The fourth-order valence-corrected chi connectivity index (χ4v) is 3.81. The maximum absolute atomic E-state index is 12.5. The number of aliphatic hydroxyl groups excluding tert-OH is 4. The topological polar surface area (TPSA) is 161 Å². The monoisotopic (exact) mass is 407 g/mol. The van der Waals surface area contributed by atoms with Crippen LogP contribution in [0.15, 0.2) is 29.2 Å². The van der Waals surface area contributed by atoms with Crippen LogP contribution in [0.5, 0.6) is 0 Å². The van der Waals surface area contributed by atoms with Crippen molar-refractivity contribution < 1.29 is 38.4 Å². The molecule has 11 heteroatoms. The zero-order valence-corrected chi connectivity index (χ0v) is 15.7. The molecule has 0 spiro atoms. The van der Waals surface area contributed by atoms with Gasteiger partial charge in [0.05, 0.1) is 11.5 Å². The summed E-state index contributed by atoms with van der Waals surface area (Å²) in [6, 6.07) is 3.46. The Bertz CT molecular complexity index is 735. The molecule has 0 heterocycles. The Morgan fingerprint density at radius 3 is 2.12 bits per heavy atom. The van der Waals surface area contributed by atoms with Crippen LogP contribution in [0.3, 0.4) is 0 Å². The Morgan fingerprint density at radius 1 is 1.12 bits per heavy atom.